The average Bonchev–Trinajstić information content (AvgIpc) is 2.72. The predicted octanol–water partition coefficient (Wildman–Crippen LogP) is 5.21. The van der Waals surface area contributed by atoms with E-state index in [2.05, 4.69) is 10.3 Å². The fraction of sp³-hybridized carbons (Fsp3) is 0.409. The quantitative estimate of drug-likeness (QED) is 0.380. The third kappa shape index (κ3) is 4.62. The number of anilines is 1. The van der Waals surface area contributed by atoms with Gasteiger partial charge >= 0.3 is 6.18 Å². The molecular formula is C22H23F5N2O2S. The number of rotatable bonds is 7. The molecule has 1 aliphatic rings. The lowest BCUT2D eigenvalue weighted by atomic mass is 9.85. The Labute approximate surface area is 186 Å². The SMILES string of the molecule is CCSCC(O)(CC1=CC=C(F)C(O)(Nc2cccc3nc(C)ccc23)C1F)C(F)(F)F. The number of benzene rings is 1. The largest absolute Gasteiger partial charge is 0.418 e. The number of pyridine rings is 1. The molecule has 1 aliphatic carbocycles. The number of nitrogens with zero attached hydrogens (tertiary/aromatic N) is 1. The maximum Gasteiger partial charge on any atom is 0.418 e. The molecule has 0 radical (unpaired) electrons. The van der Waals surface area contributed by atoms with Crippen LogP contribution in [0.15, 0.2) is 53.9 Å². The van der Waals surface area contributed by atoms with Gasteiger partial charge in [0, 0.05) is 28.9 Å². The lowest BCUT2D eigenvalue weighted by Crippen LogP contribution is -2.53. The van der Waals surface area contributed by atoms with E-state index < -0.39 is 47.2 Å². The standard InChI is InChI=1S/C22H23F5N2O2S/c1-3-32-12-20(30,22(25,26)27)11-14-8-10-18(23)21(31,19(14)24)29-17-6-4-5-16-15(17)9-7-13(2)28-16/h4-10,19,29-31H,3,11-12H2,1-2H3. The molecule has 32 heavy (non-hydrogen) atoms. The molecule has 0 bridgehead atoms. The number of aryl methyl sites for hydroxylation is 1. The first kappa shape index (κ1) is 24.5. The van der Waals surface area contributed by atoms with Gasteiger partial charge in [-0.05, 0) is 48.6 Å². The third-order valence-corrected chi connectivity index (χ3v) is 6.36. The highest BCUT2D eigenvalue weighted by Crippen LogP contribution is 2.43. The number of fused-ring (bicyclic) bond motifs is 1. The monoisotopic (exact) mass is 474 g/mol. The van der Waals surface area contributed by atoms with E-state index in [4.69, 9.17) is 0 Å². The maximum atomic E-state index is 15.4. The Morgan fingerprint density at radius 3 is 2.56 bits per heavy atom. The Morgan fingerprint density at radius 1 is 1.19 bits per heavy atom. The number of hydrogen-bond donors (Lipinski definition) is 3. The molecule has 3 atom stereocenters. The highest BCUT2D eigenvalue weighted by molar-refractivity contribution is 7.99. The lowest BCUT2D eigenvalue weighted by Gasteiger charge is -2.38. The second-order valence-electron chi connectivity index (χ2n) is 7.68. The predicted molar refractivity (Wildman–Crippen MR) is 116 cm³/mol. The number of halogens is 5. The highest BCUT2D eigenvalue weighted by Gasteiger charge is 2.56. The summed E-state index contributed by atoms with van der Waals surface area (Å²) >= 11 is 0.843. The number of thioether (sulfide) groups is 1. The zero-order valence-corrected chi connectivity index (χ0v) is 18.2. The Balaban J connectivity index is 1.94. The molecule has 3 N–H and O–H groups in total. The number of alkyl halides is 4. The van der Waals surface area contributed by atoms with E-state index in [1.807, 2.05) is 0 Å². The first-order chi connectivity index (χ1) is 14.9. The van der Waals surface area contributed by atoms with Crippen LogP contribution in [0.25, 0.3) is 10.9 Å². The molecule has 0 amide bonds. The molecule has 3 rings (SSSR count). The number of aliphatic hydroxyl groups is 2. The Bertz CT molecular complexity index is 1060. The number of nitrogens with one attached hydrogen (secondary N) is 1. The molecule has 174 valence electrons. The first-order valence-corrected chi connectivity index (χ1v) is 11.0. The summed E-state index contributed by atoms with van der Waals surface area (Å²) in [5, 5.41) is 24.0. The number of allylic oxidation sites excluding steroid dienone is 2. The minimum atomic E-state index is -5.04. The molecule has 0 saturated carbocycles. The van der Waals surface area contributed by atoms with Crippen molar-refractivity contribution in [2.75, 3.05) is 16.8 Å². The van der Waals surface area contributed by atoms with Crippen LogP contribution in [-0.2, 0) is 0 Å². The summed E-state index contributed by atoms with van der Waals surface area (Å²) in [6, 6.07) is 8.05. The lowest BCUT2D eigenvalue weighted by molar-refractivity contribution is -0.250. The molecule has 2 aromatic rings. The van der Waals surface area contributed by atoms with E-state index in [-0.39, 0.29) is 5.69 Å². The molecule has 4 nitrogen and oxygen atoms in total. The topological polar surface area (TPSA) is 65.4 Å². The van der Waals surface area contributed by atoms with E-state index in [9.17, 15) is 27.8 Å². The molecule has 0 aliphatic heterocycles. The van der Waals surface area contributed by atoms with Crippen molar-refractivity contribution in [3.8, 4) is 0 Å². The van der Waals surface area contributed by atoms with Crippen LogP contribution in [0.2, 0.25) is 0 Å². The molecule has 3 unspecified atom stereocenters. The van der Waals surface area contributed by atoms with Crippen molar-refractivity contribution in [3.05, 3.63) is 59.6 Å². The molecule has 10 heteroatoms. The molecule has 1 heterocycles. The van der Waals surface area contributed by atoms with Crippen LogP contribution in [0.4, 0.5) is 27.6 Å². The minimum Gasteiger partial charge on any atom is -0.379 e. The molecule has 1 aromatic heterocycles. The van der Waals surface area contributed by atoms with Crippen molar-refractivity contribution in [1.29, 1.82) is 0 Å². The summed E-state index contributed by atoms with van der Waals surface area (Å²) < 4.78 is 70.6. The van der Waals surface area contributed by atoms with Crippen LogP contribution < -0.4 is 5.32 Å². The Kier molecular flexibility index (Phi) is 6.88. The summed E-state index contributed by atoms with van der Waals surface area (Å²) in [7, 11) is 0. The molecular weight excluding hydrogens is 451 g/mol. The van der Waals surface area contributed by atoms with Gasteiger partial charge in [0.2, 0.25) is 5.72 Å². The Morgan fingerprint density at radius 2 is 1.91 bits per heavy atom. The third-order valence-electron chi connectivity index (χ3n) is 5.27. The van der Waals surface area contributed by atoms with Gasteiger partial charge in [0.1, 0.15) is 0 Å². The fourth-order valence-corrected chi connectivity index (χ4v) is 4.27. The van der Waals surface area contributed by atoms with Crippen molar-refractivity contribution >= 4 is 28.4 Å². The van der Waals surface area contributed by atoms with Crippen LogP contribution in [0, 0.1) is 6.92 Å². The van der Waals surface area contributed by atoms with Crippen LogP contribution >= 0.6 is 11.8 Å². The molecule has 1 aromatic carbocycles. The second kappa shape index (κ2) is 8.99. The van der Waals surface area contributed by atoms with Crippen LogP contribution in [-0.4, -0.2) is 50.4 Å². The van der Waals surface area contributed by atoms with E-state index in [0.29, 0.717) is 28.4 Å². The van der Waals surface area contributed by atoms with Gasteiger partial charge in [0.05, 0.1) is 5.52 Å². The Hall–Kier alpha value is -2.17. The zero-order chi connectivity index (χ0) is 23.7. The van der Waals surface area contributed by atoms with Gasteiger partial charge in [-0.25, -0.2) is 8.78 Å². The second-order valence-corrected chi connectivity index (χ2v) is 8.95. The van der Waals surface area contributed by atoms with Crippen molar-refractivity contribution in [2.45, 2.75) is 43.9 Å². The smallest absolute Gasteiger partial charge is 0.379 e. The van der Waals surface area contributed by atoms with Crippen LogP contribution in [0.5, 0.6) is 0 Å². The van der Waals surface area contributed by atoms with Gasteiger partial charge in [-0.1, -0.05) is 19.1 Å². The summed E-state index contributed by atoms with van der Waals surface area (Å²) in [5.41, 5.74) is -5.39. The van der Waals surface area contributed by atoms with E-state index in [1.54, 1.807) is 38.1 Å². The van der Waals surface area contributed by atoms with Gasteiger partial charge in [-0.2, -0.15) is 24.9 Å². The first-order valence-electron chi connectivity index (χ1n) is 9.86. The van der Waals surface area contributed by atoms with Gasteiger partial charge in [-0.3, -0.25) is 4.98 Å². The normalized spacial score (nSPS) is 23.5. The summed E-state index contributed by atoms with van der Waals surface area (Å²) in [6.45, 7) is 3.39. The highest BCUT2D eigenvalue weighted by atomic mass is 32.2. The van der Waals surface area contributed by atoms with E-state index in [0.717, 1.165) is 17.8 Å². The van der Waals surface area contributed by atoms with Crippen LogP contribution in [0.3, 0.4) is 0 Å². The average molecular weight is 474 g/mol. The zero-order valence-electron chi connectivity index (χ0n) is 17.4. The van der Waals surface area contributed by atoms with E-state index in [1.165, 1.54) is 6.07 Å². The maximum absolute atomic E-state index is 15.4. The van der Waals surface area contributed by atoms with Gasteiger partial charge in [0.15, 0.2) is 17.6 Å². The van der Waals surface area contributed by atoms with Crippen LogP contribution in [0.1, 0.15) is 19.0 Å². The van der Waals surface area contributed by atoms with E-state index >= 15 is 4.39 Å². The summed E-state index contributed by atoms with van der Waals surface area (Å²) in [5.74, 6) is -1.71. The molecule has 0 fully saturated rings. The van der Waals surface area contributed by atoms with Crippen molar-refractivity contribution in [3.63, 3.8) is 0 Å². The number of hydrogen-bond acceptors (Lipinski definition) is 5. The number of aromatic nitrogens is 1. The summed E-state index contributed by atoms with van der Waals surface area (Å²) in [6.07, 6.45) is -7.23. The summed E-state index contributed by atoms with van der Waals surface area (Å²) in [4.78, 5) is 4.31. The minimum absolute atomic E-state index is 0.151. The van der Waals surface area contributed by atoms with Crippen molar-refractivity contribution in [1.82, 2.24) is 4.98 Å². The van der Waals surface area contributed by atoms with Gasteiger partial charge < -0.3 is 15.5 Å². The molecule has 0 saturated heterocycles. The van der Waals surface area contributed by atoms with Crippen molar-refractivity contribution in [2.24, 2.45) is 0 Å². The fourth-order valence-electron chi connectivity index (χ4n) is 3.47. The molecule has 0 spiro atoms. The van der Waals surface area contributed by atoms with Crippen molar-refractivity contribution < 1.29 is 32.2 Å². The van der Waals surface area contributed by atoms with Gasteiger partial charge in [-0.15, -0.1) is 0 Å². The van der Waals surface area contributed by atoms with Gasteiger partial charge in [0.25, 0.3) is 0 Å².